The van der Waals surface area contributed by atoms with Crippen molar-refractivity contribution in [2.24, 2.45) is 14.1 Å². The van der Waals surface area contributed by atoms with Crippen molar-refractivity contribution in [1.82, 2.24) is 18.7 Å². The van der Waals surface area contributed by atoms with Crippen LogP contribution >= 0.6 is 0 Å². The molecule has 0 bridgehead atoms. The predicted molar refractivity (Wildman–Crippen MR) is 96.3 cm³/mol. The number of hydrogen-bond acceptors (Lipinski definition) is 6. The first kappa shape index (κ1) is 16.9. The highest BCUT2D eigenvalue weighted by molar-refractivity contribution is 5.91. The monoisotopic (exact) mass is 371 g/mol. The van der Waals surface area contributed by atoms with Crippen LogP contribution in [0.3, 0.4) is 0 Å². The zero-order valence-electron chi connectivity index (χ0n) is 14.8. The molecule has 0 atom stereocenters. The average molecular weight is 371 g/mol. The van der Waals surface area contributed by atoms with Gasteiger partial charge in [-0.25, -0.2) is 9.78 Å². The molecule has 0 unspecified atom stereocenters. The van der Waals surface area contributed by atoms with Gasteiger partial charge >= 0.3 is 5.69 Å². The lowest BCUT2D eigenvalue weighted by molar-refractivity contribution is -0.116. The molecule has 1 aliphatic rings. The topological polar surface area (TPSA) is 109 Å². The normalized spacial score (nSPS) is 13.0. The van der Waals surface area contributed by atoms with Crippen molar-refractivity contribution in [1.29, 1.82) is 0 Å². The molecule has 1 amide bonds. The first-order chi connectivity index (χ1) is 13.0. The van der Waals surface area contributed by atoms with Gasteiger partial charge in [-0.2, -0.15) is 0 Å². The molecule has 1 aromatic carbocycles. The molecular formula is C17H17N5O5. The van der Waals surface area contributed by atoms with Gasteiger partial charge in [0.2, 0.25) is 5.91 Å². The van der Waals surface area contributed by atoms with Gasteiger partial charge in [0, 0.05) is 25.8 Å². The van der Waals surface area contributed by atoms with E-state index in [0.717, 1.165) is 4.57 Å². The minimum absolute atomic E-state index is 0.106. The number of nitrogens with zero attached hydrogens (tertiary/aromatic N) is 4. The molecule has 140 valence electrons. The molecule has 27 heavy (non-hydrogen) atoms. The van der Waals surface area contributed by atoms with Crippen LogP contribution in [0.15, 0.2) is 34.1 Å². The number of amides is 1. The van der Waals surface area contributed by atoms with Gasteiger partial charge in [-0.3, -0.25) is 18.7 Å². The molecule has 3 aromatic rings. The average Bonchev–Trinajstić information content (AvgIpc) is 3.08. The summed E-state index contributed by atoms with van der Waals surface area (Å²) in [4.78, 5) is 40.8. The number of anilines is 1. The number of ether oxygens (including phenoxy) is 2. The SMILES string of the molecule is Cn1c(=O)c2ncn(CC(=O)Nc3ccc4c(c3)OCCO4)c2n(C)c1=O. The molecule has 1 N–H and O–H groups in total. The molecule has 0 saturated carbocycles. The van der Waals surface area contributed by atoms with E-state index in [-0.39, 0.29) is 18.0 Å². The van der Waals surface area contributed by atoms with Crippen molar-refractivity contribution in [3.05, 3.63) is 45.4 Å². The van der Waals surface area contributed by atoms with E-state index in [2.05, 4.69) is 10.3 Å². The van der Waals surface area contributed by atoms with Crippen molar-refractivity contribution >= 4 is 22.8 Å². The number of aryl methyl sites for hydroxylation is 1. The number of hydrogen-bond donors (Lipinski definition) is 1. The van der Waals surface area contributed by atoms with Gasteiger partial charge in [0.15, 0.2) is 17.0 Å². The molecule has 0 spiro atoms. The van der Waals surface area contributed by atoms with Gasteiger partial charge in [-0.15, -0.1) is 0 Å². The lowest BCUT2D eigenvalue weighted by Gasteiger charge is -2.19. The first-order valence-corrected chi connectivity index (χ1v) is 8.26. The molecule has 3 heterocycles. The second-order valence-corrected chi connectivity index (χ2v) is 6.16. The molecule has 4 rings (SSSR count). The van der Waals surface area contributed by atoms with Gasteiger partial charge in [0.05, 0.1) is 6.33 Å². The Labute approximate surface area is 152 Å². The van der Waals surface area contributed by atoms with Crippen molar-refractivity contribution < 1.29 is 14.3 Å². The minimum Gasteiger partial charge on any atom is -0.486 e. The van der Waals surface area contributed by atoms with E-state index in [1.54, 1.807) is 18.2 Å². The molecule has 0 fully saturated rings. The number of aromatic nitrogens is 4. The van der Waals surface area contributed by atoms with Gasteiger partial charge < -0.3 is 19.4 Å². The maximum absolute atomic E-state index is 12.4. The van der Waals surface area contributed by atoms with Crippen LogP contribution in [-0.2, 0) is 25.4 Å². The summed E-state index contributed by atoms with van der Waals surface area (Å²) in [7, 11) is 2.92. The summed E-state index contributed by atoms with van der Waals surface area (Å²) in [5, 5.41) is 2.76. The third-order valence-electron chi connectivity index (χ3n) is 4.35. The standard InChI is InChI=1S/C17H17N5O5/c1-20-15-14(16(24)21(2)17(20)25)18-9-22(15)8-13(23)19-10-3-4-11-12(7-10)27-6-5-26-11/h3-4,7,9H,5-6,8H2,1-2H3,(H,19,23). The fraction of sp³-hybridized carbons (Fsp3) is 0.294. The Morgan fingerprint density at radius 2 is 1.89 bits per heavy atom. The van der Waals surface area contributed by atoms with E-state index in [0.29, 0.717) is 36.0 Å². The summed E-state index contributed by atoms with van der Waals surface area (Å²) in [6.45, 7) is 0.838. The highest BCUT2D eigenvalue weighted by atomic mass is 16.6. The van der Waals surface area contributed by atoms with E-state index in [4.69, 9.17) is 9.47 Å². The van der Waals surface area contributed by atoms with Crippen molar-refractivity contribution in [2.75, 3.05) is 18.5 Å². The van der Waals surface area contributed by atoms with Crippen LogP contribution in [0.5, 0.6) is 11.5 Å². The van der Waals surface area contributed by atoms with E-state index in [1.807, 2.05) is 0 Å². The van der Waals surface area contributed by atoms with Crippen LogP contribution in [0.25, 0.3) is 11.2 Å². The van der Waals surface area contributed by atoms with Crippen LogP contribution in [0, 0.1) is 0 Å². The first-order valence-electron chi connectivity index (χ1n) is 8.26. The van der Waals surface area contributed by atoms with Gasteiger partial charge in [0.1, 0.15) is 25.4 Å². The van der Waals surface area contributed by atoms with Crippen LogP contribution < -0.4 is 26.0 Å². The molecule has 10 nitrogen and oxygen atoms in total. The molecule has 0 radical (unpaired) electrons. The van der Waals surface area contributed by atoms with Crippen LogP contribution in [0.1, 0.15) is 0 Å². The Morgan fingerprint density at radius 1 is 1.15 bits per heavy atom. The fourth-order valence-electron chi connectivity index (χ4n) is 3.03. The fourth-order valence-corrected chi connectivity index (χ4v) is 3.03. The summed E-state index contributed by atoms with van der Waals surface area (Å²) < 4.78 is 14.7. The molecule has 2 aromatic heterocycles. The third kappa shape index (κ3) is 2.84. The van der Waals surface area contributed by atoms with Gasteiger partial charge in [-0.1, -0.05) is 0 Å². The Hall–Kier alpha value is -3.56. The summed E-state index contributed by atoms with van der Waals surface area (Å²) >= 11 is 0. The Balaban J connectivity index is 1.60. The highest BCUT2D eigenvalue weighted by Gasteiger charge is 2.17. The van der Waals surface area contributed by atoms with E-state index in [1.165, 1.54) is 29.6 Å². The number of carbonyl (C=O) groups excluding carboxylic acids is 1. The van der Waals surface area contributed by atoms with Gasteiger partial charge in [-0.05, 0) is 12.1 Å². The van der Waals surface area contributed by atoms with Gasteiger partial charge in [0.25, 0.3) is 5.56 Å². The van der Waals surface area contributed by atoms with Crippen LogP contribution in [0.2, 0.25) is 0 Å². The molecule has 0 saturated heterocycles. The Morgan fingerprint density at radius 3 is 2.67 bits per heavy atom. The van der Waals surface area contributed by atoms with Crippen molar-refractivity contribution in [2.45, 2.75) is 6.54 Å². The Kier molecular flexibility index (Phi) is 3.94. The molecule has 1 aliphatic heterocycles. The molecule has 10 heteroatoms. The number of rotatable bonds is 3. The van der Waals surface area contributed by atoms with E-state index in [9.17, 15) is 14.4 Å². The van der Waals surface area contributed by atoms with Crippen LogP contribution in [-0.4, -0.2) is 37.8 Å². The largest absolute Gasteiger partial charge is 0.486 e. The second kappa shape index (κ2) is 6.31. The summed E-state index contributed by atoms with van der Waals surface area (Å²) in [5.41, 5.74) is -0.00813. The number of fused-ring (bicyclic) bond motifs is 2. The van der Waals surface area contributed by atoms with E-state index >= 15 is 0 Å². The smallest absolute Gasteiger partial charge is 0.332 e. The second-order valence-electron chi connectivity index (χ2n) is 6.16. The quantitative estimate of drug-likeness (QED) is 0.685. The zero-order valence-corrected chi connectivity index (χ0v) is 14.8. The maximum Gasteiger partial charge on any atom is 0.332 e. The zero-order chi connectivity index (χ0) is 19.1. The summed E-state index contributed by atoms with van der Waals surface area (Å²) in [6.07, 6.45) is 1.37. The maximum atomic E-state index is 12.4. The lowest BCUT2D eigenvalue weighted by Crippen LogP contribution is -2.37. The predicted octanol–water partition coefficient (Wildman–Crippen LogP) is -0.156. The van der Waals surface area contributed by atoms with Crippen molar-refractivity contribution in [3.8, 4) is 11.5 Å². The van der Waals surface area contributed by atoms with Crippen LogP contribution in [0.4, 0.5) is 5.69 Å². The number of imidazole rings is 1. The minimum atomic E-state index is -0.501. The number of nitrogens with one attached hydrogen (secondary N) is 1. The van der Waals surface area contributed by atoms with E-state index < -0.39 is 11.2 Å². The highest BCUT2D eigenvalue weighted by Crippen LogP contribution is 2.32. The molecular weight excluding hydrogens is 354 g/mol. The lowest BCUT2D eigenvalue weighted by atomic mass is 10.2. The summed E-state index contributed by atoms with van der Waals surface area (Å²) in [6, 6.07) is 5.12. The summed E-state index contributed by atoms with van der Waals surface area (Å²) in [5.74, 6) is 0.864. The Bertz CT molecular complexity index is 1170. The number of carbonyl (C=O) groups is 1. The van der Waals surface area contributed by atoms with Crippen molar-refractivity contribution in [3.63, 3.8) is 0 Å². The third-order valence-corrected chi connectivity index (χ3v) is 4.35. The number of benzene rings is 1. The molecule has 0 aliphatic carbocycles.